The van der Waals surface area contributed by atoms with Gasteiger partial charge in [0.1, 0.15) is 11.9 Å². The number of imidazole rings is 1. The van der Waals surface area contributed by atoms with Crippen molar-refractivity contribution in [3.63, 3.8) is 0 Å². The number of hydrogen-bond acceptors (Lipinski definition) is 3. The van der Waals surface area contributed by atoms with Gasteiger partial charge in [0.15, 0.2) is 0 Å². The molecule has 18 heavy (non-hydrogen) atoms. The van der Waals surface area contributed by atoms with Crippen LogP contribution in [0.5, 0.6) is 0 Å². The van der Waals surface area contributed by atoms with Crippen molar-refractivity contribution in [1.82, 2.24) is 14.5 Å². The van der Waals surface area contributed by atoms with E-state index in [4.69, 9.17) is 5.73 Å². The first kappa shape index (κ1) is 13.7. The maximum atomic E-state index is 6.25. The fourth-order valence-electron chi connectivity index (χ4n) is 1.81. The molecule has 6 heteroatoms. The lowest BCUT2D eigenvalue weighted by Gasteiger charge is -2.14. The molecule has 2 heterocycles. The van der Waals surface area contributed by atoms with Gasteiger partial charge in [-0.25, -0.2) is 4.98 Å². The standard InChI is InChI=1S/C12H14Br2N4/c1-2-4-18-5-3-16-12(18)10(15)11-9(14)6-8(13)7-17-11/h3,5-7,10H,2,4,15H2,1H3. The molecule has 0 aliphatic carbocycles. The monoisotopic (exact) mass is 372 g/mol. The zero-order chi connectivity index (χ0) is 13.1. The summed E-state index contributed by atoms with van der Waals surface area (Å²) in [5.41, 5.74) is 7.04. The van der Waals surface area contributed by atoms with Gasteiger partial charge in [-0.2, -0.15) is 0 Å². The SMILES string of the molecule is CCCn1ccnc1C(N)c1ncc(Br)cc1Br. The van der Waals surface area contributed by atoms with E-state index in [0.29, 0.717) is 0 Å². The summed E-state index contributed by atoms with van der Waals surface area (Å²) in [4.78, 5) is 8.70. The number of halogens is 2. The molecule has 2 rings (SSSR count). The molecular formula is C12H14Br2N4. The van der Waals surface area contributed by atoms with Gasteiger partial charge in [0, 0.05) is 34.1 Å². The van der Waals surface area contributed by atoms with Gasteiger partial charge in [0.05, 0.1) is 5.69 Å². The molecule has 0 radical (unpaired) electrons. The first-order valence-corrected chi connectivity index (χ1v) is 7.29. The maximum absolute atomic E-state index is 6.25. The minimum atomic E-state index is -0.325. The molecule has 0 aliphatic rings. The second-order valence-electron chi connectivity index (χ2n) is 3.98. The van der Waals surface area contributed by atoms with Crippen molar-refractivity contribution < 1.29 is 0 Å². The molecule has 1 unspecified atom stereocenters. The van der Waals surface area contributed by atoms with Crippen LogP contribution in [0.2, 0.25) is 0 Å². The number of rotatable bonds is 4. The summed E-state index contributed by atoms with van der Waals surface area (Å²) >= 11 is 6.87. The Kier molecular flexibility index (Phi) is 4.53. The highest BCUT2D eigenvalue weighted by atomic mass is 79.9. The molecule has 0 amide bonds. The third-order valence-electron chi connectivity index (χ3n) is 2.62. The topological polar surface area (TPSA) is 56.7 Å². The van der Waals surface area contributed by atoms with Crippen molar-refractivity contribution in [3.05, 3.63) is 45.1 Å². The van der Waals surface area contributed by atoms with Crippen LogP contribution in [0.3, 0.4) is 0 Å². The third-order valence-corrected chi connectivity index (χ3v) is 3.69. The molecule has 4 nitrogen and oxygen atoms in total. The predicted octanol–water partition coefficient (Wildman–Crippen LogP) is 3.26. The van der Waals surface area contributed by atoms with Gasteiger partial charge in [0.2, 0.25) is 0 Å². The fourth-order valence-corrected chi connectivity index (χ4v) is 3.04. The quantitative estimate of drug-likeness (QED) is 0.894. The molecule has 0 saturated heterocycles. The van der Waals surface area contributed by atoms with E-state index in [1.807, 2.05) is 12.3 Å². The zero-order valence-electron chi connectivity index (χ0n) is 9.98. The fraction of sp³-hybridized carbons (Fsp3) is 0.333. The highest BCUT2D eigenvalue weighted by molar-refractivity contribution is 9.11. The number of nitrogens with zero attached hydrogens (tertiary/aromatic N) is 3. The van der Waals surface area contributed by atoms with E-state index in [1.165, 1.54) is 0 Å². The smallest absolute Gasteiger partial charge is 0.131 e. The van der Waals surface area contributed by atoms with Gasteiger partial charge in [-0.05, 0) is 44.3 Å². The lowest BCUT2D eigenvalue weighted by Crippen LogP contribution is -2.19. The molecule has 0 aliphatic heterocycles. The number of aryl methyl sites for hydroxylation is 1. The van der Waals surface area contributed by atoms with E-state index < -0.39 is 0 Å². The van der Waals surface area contributed by atoms with Gasteiger partial charge in [-0.3, -0.25) is 4.98 Å². The minimum Gasteiger partial charge on any atom is -0.333 e. The Labute approximate surface area is 123 Å². The van der Waals surface area contributed by atoms with Gasteiger partial charge < -0.3 is 10.3 Å². The van der Waals surface area contributed by atoms with Gasteiger partial charge in [-0.15, -0.1) is 0 Å². The van der Waals surface area contributed by atoms with E-state index in [9.17, 15) is 0 Å². The average Bonchev–Trinajstić information content (AvgIpc) is 2.77. The third kappa shape index (κ3) is 2.81. The Hall–Kier alpha value is -0.720. The molecule has 0 aromatic carbocycles. The van der Waals surface area contributed by atoms with E-state index in [2.05, 4.69) is 53.3 Å². The van der Waals surface area contributed by atoms with Crippen LogP contribution in [-0.2, 0) is 6.54 Å². The first-order valence-electron chi connectivity index (χ1n) is 5.71. The summed E-state index contributed by atoms with van der Waals surface area (Å²) in [7, 11) is 0. The summed E-state index contributed by atoms with van der Waals surface area (Å²) in [6.45, 7) is 3.04. The molecular weight excluding hydrogens is 360 g/mol. The normalized spacial score (nSPS) is 12.7. The lowest BCUT2D eigenvalue weighted by atomic mass is 10.2. The summed E-state index contributed by atoms with van der Waals surface area (Å²) in [6.07, 6.45) is 6.52. The summed E-state index contributed by atoms with van der Waals surface area (Å²) < 4.78 is 3.87. The zero-order valence-corrected chi connectivity index (χ0v) is 13.1. The lowest BCUT2D eigenvalue weighted by molar-refractivity contribution is 0.606. The first-order chi connectivity index (χ1) is 8.63. The van der Waals surface area contributed by atoms with E-state index in [1.54, 1.807) is 12.4 Å². The predicted molar refractivity (Wildman–Crippen MR) is 78.2 cm³/mol. The summed E-state index contributed by atoms with van der Waals surface area (Å²) in [5, 5.41) is 0. The Morgan fingerprint density at radius 1 is 1.39 bits per heavy atom. The highest BCUT2D eigenvalue weighted by Gasteiger charge is 2.18. The van der Waals surface area contributed by atoms with Crippen LogP contribution >= 0.6 is 31.9 Å². The van der Waals surface area contributed by atoms with Crippen LogP contribution < -0.4 is 5.73 Å². The van der Waals surface area contributed by atoms with Gasteiger partial charge >= 0.3 is 0 Å². The number of pyridine rings is 1. The van der Waals surface area contributed by atoms with Crippen LogP contribution in [0.15, 0.2) is 33.6 Å². The van der Waals surface area contributed by atoms with Crippen LogP contribution in [0.4, 0.5) is 0 Å². The minimum absolute atomic E-state index is 0.325. The van der Waals surface area contributed by atoms with Crippen LogP contribution in [0.1, 0.15) is 30.9 Å². The number of nitrogens with two attached hydrogens (primary N) is 1. The molecule has 2 aromatic rings. The van der Waals surface area contributed by atoms with E-state index in [0.717, 1.165) is 33.4 Å². The van der Waals surface area contributed by atoms with Crippen LogP contribution in [-0.4, -0.2) is 14.5 Å². The summed E-state index contributed by atoms with van der Waals surface area (Å²) in [5.74, 6) is 0.840. The molecule has 2 aromatic heterocycles. The van der Waals surface area contributed by atoms with Crippen molar-refractivity contribution in [1.29, 1.82) is 0 Å². The van der Waals surface area contributed by atoms with Crippen molar-refractivity contribution in [2.75, 3.05) is 0 Å². The van der Waals surface area contributed by atoms with Crippen LogP contribution in [0.25, 0.3) is 0 Å². The Morgan fingerprint density at radius 3 is 2.83 bits per heavy atom. The highest BCUT2D eigenvalue weighted by Crippen LogP contribution is 2.26. The Bertz CT molecular complexity index is 539. The van der Waals surface area contributed by atoms with E-state index in [-0.39, 0.29) is 6.04 Å². The van der Waals surface area contributed by atoms with Crippen molar-refractivity contribution in [2.45, 2.75) is 25.9 Å². The van der Waals surface area contributed by atoms with Crippen molar-refractivity contribution in [3.8, 4) is 0 Å². The molecule has 96 valence electrons. The van der Waals surface area contributed by atoms with E-state index >= 15 is 0 Å². The Balaban J connectivity index is 2.35. The average molecular weight is 374 g/mol. The molecule has 1 atom stereocenters. The second kappa shape index (κ2) is 5.95. The van der Waals surface area contributed by atoms with Crippen molar-refractivity contribution >= 4 is 31.9 Å². The number of hydrogen-bond donors (Lipinski definition) is 1. The van der Waals surface area contributed by atoms with Gasteiger partial charge in [-0.1, -0.05) is 6.92 Å². The number of aromatic nitrogens is 3. The molecule has 2 N–H and O–H groups in total. The molecule has 0 saturated carbocycles. The molecule has 0 fully saturated rings. The van der Waals surface area contributed by atoms with Crippen LogP contribution in [0, 0.1) is 0 Å². The van der Waals surface area contributed by atoms with Crippen molar-refractivity contribution in [2.24, 2.45) is 5.73 Å². The second-order valence-corrected chi connectivity index (χ2v) is 5.75. The largest absolute Gasteiger partial charge is 0.333 e. The molecule has 0 bridgehead atoms. The molecule has 0 spiro atoms. The maximum Gasteiger partial charge on any atom is 0.131 e. The van der Waals surface area contributed by atoms with Gasteiger partial charge in [0.25, 0.3) is 0 Å². The Morgan fingerprint density at radius 2 is 2.17 bits per heavy atom. The summed E-state index contributed by atoms with van der Waals surface area (Å²) in [6, 6.07) is 1.61.